The van der Waals surface area contributed by atoms with E-state index in [0.717, 1.165) is 26.2 Å². The number of rotatable bonds is 3. The second kappa shape index (κ2) is 6.37. The third kappa shape index (κ3) is 3.31. The van der Waals surface area contributed by atoms with Gasteiger partial charge in [0.15, 0.2) is 0 Å². The molecule has 1 aromatic heterocycles. The fourth-order valence-corrected chi connectivity index (χ4v) is 3.43. The van der Waals surface area contributed by atoms with E-state index in [2.05, 4.69) is 34.1 Å². The van der Waals surface area contributed by atoms with Gasteiger partial charge in [0, 0.05) is 44.2 Å². The van der Waals surface area contributed by atoms with E-state index < -0.39 is 0 Å². The van der Waals surface area contributed by atoms with E-state index in [1.165, 1.54) is 10.4 Å². The van der Waals surface area contributed by atoms with E-state index in [9.17, 15) is 4.79 Å². The largest absolute Gasteiger partial charge is 0.340 e. The number of thiazole rings is 1. The number of piperazine rings is 1. The summed E-state index contributed by atoms with van der Waals surface area (Å²) in [5.74, 6) is 0.161. The van der Waals surface area contributed by atoms with Crippen molar-refractivity contribution in [3.8, 4) is 0 Å². The molecule has 1 aliphatic heterocycles. The third-order valence-corrected chi connectivity index (χ3v) is 4.73. The van der Waals surface area contributed by atoms with Crippen LogP contribution in [0.1, 0.15) is 23.4 Å². The van der Waals surface area contributed by atoms with Crippen molar-refractivity contribution in [3.63, 3.8) is 0 Å². The van der Waals surface area contributed by atoms with Gasteiger partial charge in [-0.25, -0.2) is 0 Å². The Morgan fingerprint density at radius 3 is 2.81 bits per heavy atom. The van der Waals surface area contributed by atoms with Crippen LogP contribution in [0.3, 0.4) is 0 Å². The highest BCUT2D eigenvalue weighted by Gasteiger charge is 2.29. The number of nitrogens with zero attached hydrogens (tertiary/aromatic N) is 3. The summed E-state index contributed by atoms with van der Waals surface area (Å²) < 4.78 is 0. The summed E-state index contributed by atoms with van der Waals surface area (Å²) in [6, 6.07) is 10.7. The van der Waals surface area contributed by atoms with Gasteiger partial charge in [-0.2, -0.15) is 0 Å². The van der Waals surface area contributed by atoms with Crippen LogP contribution >= 0.6 is 11.3 Å². The van der Waals surface area contributed by atoms with E-state index in [1.54, 1.807) is 18.3 Å². The first-order valence-corrected chi connectivity index (χ1v) is 8.04. The Bertz CT molecular complexity index is 585. The molecular weight excluding hydrogens is 282 g/mol. The summed E-state index contributed by atoms with van der Waals surface area (Å²) in [6.45, 7) is 5.02. The molecule has 21 heavy (non-hydrogen) atoms. The van der Waals surface area contributed by atoms with Crippen molar-refractivity contribution in [1.82, 2.24) is 14.8 Å². The molecule has 3 rings (SSSR count). The first kappa shape index (κ1) is 14.2. The number of carbonyl (C=O) groups excluding carboxylic acids is 1. The molecule has 2 heterocycles. The van der Waals surface area contributed by atoms with Crippen LogP contribution in [-0.2, 0) is 11.3 Å². The lowest BCUT2D eigenvalue weighted by atomic mass is 10.0. The second-order valence-electron chi connectivity index (χ2n) is 5.33. The summed E-state index contributed by atoms with van der Waals surface area (Å²) in [4.78, 5) is 21.5. The molecule has 110 valence electrons. The molecule has 1 atom stereocenters. The van der Waals surface area contributed by atoms with Gasteiger partial charge in [0.2, 0.25) is 5.91 Å². The average Bonchev–Trinajstić information content (AvgIpc) is 3.01. The topological polar surface area (TPSA) is 36.4 Å². The SMILES string of the molecule is CC(=O)N1CCN(Cc2cncs2)C(c2ccccc2)C1. The standard InChI is InChI=1S/C16H19N3OS/c1-13(20)18-7-8-19(10-15-9-17-12-21-15)16(11-18)14-5-3-2-4-6-14/h2-6,9,12,16H,7-8,10-11H2,1H3. The Hall–Kier alpha value is -1.72. The van der Waals surface area contributed by atoms with Crippen molar-refractivity contribution in [2.24, 2.45) is 0 Å². The quantitative estimate of drug-likeness (QED) is 0.874. The molecule has 4 nitrogen and oxygen atoms in total. The maximum Gasteiger partial charge on any atom is 0.219 e. The molecule has 0 saturated carbocycles. The van der Waals surface area contributed by atoms with Crippen molar-refractivity contribution >= 4 is 17.2 Å². The van der Waals surface area contributed by atoms with Gasteiger partial charge in [0.05, 0.1) is 11.6 Å². The van der Waals surface area contributed by atoms with Gasteiger partial charge in [-0.3, -0.25) is 14.7 Å². The van der Waals surface area contributed by atoms with E-state index in [1.807, 2.05) is 22.7 Å². The van der Waals surface area contributed by atoms with Gasteiger partial charge in [0.1, 0.15) is 0 Å². The predicted octanol–water partition coefficient (Wildman–Crippen LogP) is 2.55. The third-order valence-electron chi connectivity index (χ3n) is 3.96. The number of hydrogen-bond donors (Lipinski definition) is 0. The summed E-state index contributed by atoms with van der Waals surface area (Å²) in [5, 5.41) is 0. The maximum absolute atomic E-state index is 11.7. The molecule has 1 fully saturated rings. The van der Waals surface area contributed by atoms with Gasteiger partial charge < -0.3 is 4.90 Å². The minimum atomic E-state index is 0.161. The maximum atomic E-state index is 11.7. The fraction of sp³-hybridized carbons (Fsp3) is 0.375. The fourth-order valence-electron chi connectivity index (χ4n) is 2.81. The molecule has 1 aromatic carbocycles. The Kier molecular flexibility index (Phi) is 4.31. The zero-order chi connectivity index (χ0) is 14.7. The first-order valence-electron chi connectivity index (χ1n) is 7.16. The van der Waals surface area contributed by atoms with Crippen molar-refractivity contribution in [2.45, 2.75) is 19.5 Å². The zero-order valence-electron chi connectivity index (χ0n) is 12.1. The Labute approximate surface area is 129 Å². The number of carbonyl (C=O) groups is 1. The van der Waals surface area contributed by atoms with Gasteiger partial charge in [0.25, 0.3) is 0 Å². The summed E-state index contributed by atoms with van der Waals surface area (Å²) in [7, 11) is 0. The Balaban J connectivity index is 1.82. The van der Waals surface area contributed by atoms with Crippen LogP contribution in [0.25, 0.3) is 0 Å². The van der Waals surface area contributed by atoms with E-state index >= 15 is 0 Å². The minimum Gasteiger partial charge on any atom is -0.340 e. The normalized spacial score (nSPS) is 19.7. The molecule has 0 N–H and O–H groups in total. The lowest BCUT2D eigenvalue weighted by Gasteiger charge is -2.41. The first-order chi connectivity index (χ1) is 10.2. The molecular formula is C16H19N3OS. The van der Waals surface area contributed by atoms with Crippen molar-refractivity contribution in [2.75, 3.05) is 19.6 Å². The van der Waals surface area contributed by atoms with Crippen LogP contribution in [0.2, 0.25) is 0 Å². The minimum absolute atomic E-state index is 0.161. The molecule has 0 aliphatic carbocycles. The van der Waals surface area contributed by atoms with Crippen LogP contribution in [0, 0.1) is 0 Å². The second-order valence-corrected chi connectivity index (χ2v) is 6.30. The lowest BCUT2D eigenvalue weighted by Crippen LogP contribution is -2.49. The van der Waals surface area contributed by atoms with E-state index in [4.69, 9.17) is 0 Å². The van der Waals surface area contributed by atoms with Gasteiger partial charge >= 0.3 is 0 Å². The molecule has 1 saturated heterocycles. The molecule has 0 spiro atoms. The van der Waals surface area contributed by atoms with Crippen LogP contribution in [0.4, 0.5) is 0 Å². The average molecular weight is 301 g/mol. The van der Waals surface area contributed by atoms with E-state index in [-0.39, 0.29) is 11.9 Å². The monoisotopic (exact) mass is 301 g/mol. The summed E-state index contributed by atoms with van der Waals surface area (Å²) >= 11 is 1.69. The van der Waals surface area contributed by atoms with Crippen LogP contribution in [0.15, 0.2) is 42.0 Å². The van der Waals surface area contributed by atoms with Gasteiger partial charge in [-0.1, -0.05) is 30.3 Å². The molecule has 1 unspecified atom stereocenters. The van der Waals surface area contributed by atoms with Crippen LogP contribution < -0.4 is 0 Å². The smallest absolute Gasteiger partial charge is 0.219 e. The highest BCUT2D eigenvalue weighted by Crippen LogP contribution is 2.27. The molecule has 1 amide bonds. The molecule has 5 heteroatoms. The molecule has 0 radical (unpaired) electrons. The lowest BCUT2D eigenvalue weighted by molar-refractivity contribution is -0.132. The molecule has 1 aliphatic rings. The zero-order valence-corrected chi connectivity index (χ0v) is 12.9. The summed E-state index contributed by atoms with van der Waals surface area (Å²) in [6.07, 6.45) is 1.93. The Morgan fingerprint density at radius 2 is 2.14 bits per heavy atom. The molecule has 0 bridgehead atoms. The van der Waals surface area contributed by atoms with Crippen LogP contribution in [-0.4, -0.2) is 40.3 Å². The highest BCUT2D eigenvalue weighted by atomic mass is 32.1. The van der Waals surface area contributed by atoms with Gasteiger partial charge in [-0.15, -0.1) is 11.3 Å². The Morgan fingerprint density at radius 1 is 1.33 bits per heavy atom. The van der Waals surface area contributed by atoms with Crippen molar-refractivity contribution in [1.29, 1.82) is 0 Å². The van der Waals surface area contributed by atoms with Crippen LogP contribution in [0.5, 0.6) is 0 Å². The number of aromatic nitrogens is 1. The molecule has 2 aromatic rings. The van der Waals surface area contributed by atoms with Crippen molar-refractivity contribution < 1.29 is 4.79 Å². The number of benzene rings is 1. The number of hydrogen-bond acceptors (Lipinski definition) is 4. The van der Waals surface area contributed by atoms with Gasteiger partial charge in [-0.05, 0) is 5.56 Å². The predicted molar refractivity (Wildman–Crippen MR) is 84.0 cm³/mol. The van der Waals surface area contributed by atoms with Crippen molar-refractivity contribution in [3.05, 3.63) is 52.5 Å². The highest BCUT2D eigenvalue weighted by molar-refractivity contribution is 7.09. The van der Waals surface area contributed by atoms with E-state index in [0.29, 0.717) is 0 Å². The number of amides is 1. The summed E-state index contributed by atoms with van der Waals surface area (Å²) in [5.41, 5.74) is 3.14.